The van der Waals surface area contributed by atoms with Crippen LogP contribution in [0.4, 0.5) is 14.5 Å². The Bertz CT molecular complexity index is 1500. The number of hydrogen-bond acceptors (Lipinski definition) is 5. The van der Waals surface area contributed by atoms with Crippen LogP contribution in [0, 0.1) is 23.0 Å². The fourth-order valence-corrected chi connectivity index (χ4v) is 7.07. The largest absolute Gasteiger partial charge is 0.305 e. The fourth-order valence-electron chi connectivity index (χ4n) is 5.31. The molecule has 10 heteroatoms. The maximum Gasteiger partial charge on any atom is 0.245 e. The molecule has 3 aromatic rings. The number of para-hydroxylation sites is 1. The van der Waals surface area contributed by atoms with Gasteiger partial charge in [-0.15, -0.1) is 0 Å². The smallest absolute Gasteiger partial charge is 0.245 e. The summed E-state index contributed by atoms with van der Waals surface area (Å²) in [4.78, 5) is 19.3. The summed E-state index contributed by atoms with van der Waals surface area (Å²) in [5.74, 6) is -2.67. The topological polar surface area (TPSA) is 94.4 Å². The third kappa shape index (κ3) is 5.42. The SMILES string of the molecule is N#Cc1cc(F)c(F)cc1S(=O)(=O)N1CC[C@@H]1C(=O)N(Cc1ccc(C2CCCCC2)cn1)c1ccccc1. The number of anilines is 1. The summed E-state index contributed by atoms with van der Waals surface area (Å²) in [6, 6.07) is 14.5. The van der Waals surface area contributed by atoms with Crippen molar-refractivity contribution in [3.63, 3.8) is 0 Å². The third-order valence-electron chi connectivity index (χ3n) is 7.56. The maximum absolute atomic E-state index is 14.0. The van der Waals surface area contributed by atoms with Crippen molar-refractivity contribution in [3.8, 4) is 6.07 Å². The van der Waals surface area contributed by atoms with E-state index in [0.717, 1.165) is 17.1 Å². The van der Waals surface area contributed by atoms with Crippen molar-refractivity contribution < 1.29 is 22.0 Å². The fraction of sp³-hybridized carbons (Fsp3) is 0.345. The first-order valence-electron chi connectivity index (χ1n) is 13.0. The van der Waals surface area contributed by atoms with Crippen molar-refractivity contribution in [2.75, 3.05) is 11.4 Å². The van der Waals surface area contributed by atoms with E-state index in [1.807, 2.05) is 18.3 Å². The van der Waals surface area contributed by atoms with Gasteiger partial charge in [0.05, 0.1) is 17.8 Å². The Morgan fingerprint density at radius 2 is 1.74 bits per heavy atom. The Labute approximate surface area is 226 Å². The van der Waals surface area contributed by atoms with Gasteiger partial charge in [-0.05, 0) is 61.1 Å². The van der Waals surface area contributed by atoms with E-state index in [4.69, 9.17) is 0 Å². The molecule has 5 rings (SSSR count). The molecule has 0 radical (unpaired) electrons. The number of nitriles is 1. The van der Waals surface area contributed by atoms with Gasteiger partial charge in [-0.25, -0.2) is 17.2 Å². The first kappa shape index (κ1) is 26.9. The molecule has 2 fully saturated rings. The molecule has 39 heavy (non-hydrogen) atoms. The maximum atomic E-state index is 14.0. The minimum absolute atomic E-state index is 0.0135. The Morgan fingerprint density at radius 1 is 1.03 bits per heavy atom. The molecular weight excluding hydrogens is 522 g/mol. The highest BCUT2D eigenvalue weighted by molar-refractivity contribution is 7.89. The predicted octanol–water partition coefficient (Wildman–Crippen LogP) is 5.28. The van der Waals surface area contributed by atoms with Gasteiger partial charge in [0, 0.05) is 18.4 Å². The molecule has 1 aliphatic heterocycles. The number of rotatable bonds is 7. The summed E-state index contributed by atoms with van der Waals surface area (Å²) in [6.45, 7) is 0.145. The lowest BCUT2D eigenvalue weighted by molar-refractivity contribution is -0.125. The molecule has 7 nitrogen and oxygen atoms in total. The third-order valence-corrected chi connectivity index (χ3v) is 9.51. The first-order chi connectivity index (χ1) is 18.8. The number of sulfonamides is 1. The second-order valence-corrected chi connectivity index (χ2v) is 11.8. The van der Waals surface area contributed by atoms with Crippen LogP contribution in [-0.2, 0) is 21.4 Å². The minimum atomic E-state index is -4.44. The Morgan fingerprint density at radius 3 is 2.36 bits per heavy atom. The monoisotopic (exact) mass is 550 g/mol. The molecule has 0 N–H and O–H groups in total. The van der Waals surface area contributed by atoms with Crippen molar-refractivity contribution in [1.29, 1.82) is 5.26 Å². The Balaban J connectivity index is 1.41. The quantitative estimate of drug-likeness (QED) is 0.399. The van der Waals surface area contributed by atoms with Gasteiger partial charge in [-0.1, -0.05) is 43.5 Å². The van der Waals surface area contributed by atoms with Crippen LogP contribution in [0.2, 0.25) is 0 Å². The summed E-state index contributed by atoms with van der Waals surface area (Å²) >= 11 is 0. The van der Waals surface area contributed by atoms with Crippen molar-refractivity contribution in [3.05, 3.63) is 89.2 Å². The molecule has 2 heterocycles. The van der Waals surface area contributed by atoms with Crippen LogP contribution in [-0.4, -0.2) is 36.2 Å². The van der Waals surface area contributed by atoms with Gasteiger partial charge >= 0.3 is 0 Å². The molecule has 1 amide bonds. The molecule has 0 unspecified atom stereocenters. The van der Waals surface area contributed by atoms with Gasteiger partial charge in [0.15, 0.2) is 11.6 Å². The number of aromatic nitrogens is 1. The van der Waals surface area contributed by atoms with Crippen LogP contribution >= 0.6 is 0 Å². The molecule has 0 bridgehead atoms. The van der Waals surface area contributed by atoms with E-state index in [1.54, 1.807) is 30.3 Å². The van der Waals surface area contributed by atoms with Crippen LogP contribution in [0.5, 0.6) is 0 Å². The summed E-state index contributed by atoms with van der Waals surface area (Å²) in [6.07, 6.45) is 8.10. The van der Waals surface area contributed by atoms with Crippen LogP contribution in [0.3, 0.4) is 0 Å². The van der Waals surface area contributed by atoms with E-state index in [1.165, 1.54) is 29.7 Å². The summed E-state index contributed by atoms with van der Waals surface area (Å²) in [7, 11) is -4.44. The number of pyridine rings is 1. The van der Waals surface area contributed by atoms with Gasteiger partial charge in [-0.2, -0.15) is 9.57 Å². The van der Waals surface area contributed by atoms with Crippen LogP contribution in [0.1, 0.15) is 61.3 Å². The molecule has 1 saturated carbocycles. The molecule has 1 atom stereocenters. The molecule has 202 valence electrons. The molecule has 2 aromatic carbocycles. The van der Waals surface area contributed by atoms with Crippen molar-refractivity contribution >= 4 is 21.6 Å². The number of carbonyl (C=O) groups excluding carboxylic acids is 1. The van der Waals surface area contributed by atoms with Gasteiger partial charge in [0.2, 0.25) is 15.9 Å². The van der Waals surface area contributed by atoms with E-state index in [9.17, 15) is 27.3 Å². The molecule has 1 aromatic heterocycles. The summed E-state index contributed by atoms with van der Waals surface area (Å²) in [5.41, 5.74) is 1.91. The Hall–Kier alpha value is -3.68. The minimum Gasteiger partial charge on any atom is -0.305 e. The lowest BCUT2D eigenvalue weighted by Gasteiger charge is -2.41. The number of benzene rings is 2. The van der Waals surface area contributed by atoms with Crippen LogP contribution < -0.4 is 4.90 Å². The number of halogens is 2. The summed E-state index contributed by atoms with van der Waals surface area (Å²) in [5, 5.41) is 9.34. The average molecular weight is 551 g/mol. The van der Waals surface area contributed by atoms with Crippen LogP contribution in [0.25, 0.3) is 0 Å². The highest BCUT2D eigenvalue weighted by Gasteiger charge is 2.45. The van der Waals surface area contributed by atoms with Crippen molar-refractivity contribution in [1.82, 2.24) is 9.29 Å². The molecular formula is C29H28F2N4O3S. The summed E-state index contributed by atoms with van der Waals surface area (Å²) < 4.78 is 55.3. The van der Waals surface area contributed by atoms with E-state index in [-0.39, 0.29) is 19.5 Å². The average Bonchev–Trinajstić information content (AvgIpc) is 2.93. The van der Waals surface area contributed by atoms with Crippen molar-refractivity contribution in [2.24, 2.45) is 0 Å². The highest BCUT2D eigenvalue weighted by Crippen LogP contribution is 2.34. The highest BCUT2D eigenvalue weighted by atomic mass is 32.2. The van der Waals surface area contributed by atoms with Gasteiger partial charge < -0.3 is 4.90 Å². The number of nitrogens with zero attached hydrogens (tertiary/aromatic N) is 4. The molecule has 1 aliphatic carbocycles. The second kappa shape index (κ2) is 11.2. The lowest BCUT2D eigenvalue weighted by Crippen LogP contribution is -2.59. The standard InChI is InChI=1S/C29H28F2N4O3S/c30-25-15-22(17-32)28(16-26(25)31)39(37,38)35-14-13-27(35)29(36)34(24-9-5-2-6-10-24)19-23-12-11-21(18-33-23)20-7-3-1-4-8-20/h2,5-6,9-12,15-16,18,20,27H,1,3-4,7-8,13-14,19H2/t27-/m1/s1. The number of amides is 1. The second-order valence-electron chi connectivity index (χ2n) is 9.97. The van der Waals surface area contributed by atoms with Gasteiger partial charge in [0.1, 0.15) is 17.0 Å². The van der Waals surface area contributed by atoms with Gasteiger partial charge in [-0.3, -0.25) is 9.78 Å². The van der Waals surface area contributed by atoms with E-state index >= 15 is 0 Å². The predicted molar refractivity (Wildman–Crippen MR) is 141 cm³/mol. The lowest BCUT2D eigenvalue weighted by atomic mass is 9.85. The number of carbonyl (C=O) groups is 1. The Kier molecular flexibility index (Phi) is 7.73. The van der Waals surface area contributed by atoms with E-state index in [0.29, 0.717) is 29.4 Å². The number of hydrogen-bond donors (Lipinski definition) is 0. The first-order valence-corrected chi connectivity index (χ1v) is 14.5. The zero-order valence-electron chi connectivity index (χ0n) is 21.3. The molecule has 0 spiro atoms. The molecule has 2 aliphatic rings. The molecule has 1 saturated heterocycles. The van der Waals surface area contributed by atoms with Crippen molar-refractivity contribution in [2.45, 2.75) is 61.9 Å². The zero-order chi connectivity index (χ0) is 27.6. The zero-order valence-corrected chi connectivity index (χ0v) is 22.1. The van der Waals surface area contributed by atoms with Crippen LogP contribution in [0.15, 0.2) is 65.7 Å². The normalized spacial score (nSPS) is 18.2. The van der Waals surface area contributed by atoms with E-state index < -0.39 is 44.1 Å². The van der Waals surface area contributed by atoms with Gasteiger partial charge in [0.25, 0.3) is 0 Å². The van der Waals surface area contributed by atoms with E-state index in [2.05, 4.69) is 11.1 Å².